The Bertz CT molecular complexity index is 1340. The molecule has 1 aliphatic heterocycles. The van der Waals surface area contributed by atoms with Crippen LogP contribution in [0.25, 0.3) is 0 Å². The van der Waals surface area contributed by atoms with Crippen LogP contribution in [0.1, 0.15) is 66.9 Å². The molecule has 2 aromatic rings. The zero-order chi connectivity index (χ0) is 26.0. The predicted octanol–water partition coefficient (Wildman–Crippen LogP) is 5.26. The number of dihydropyridines is 1. The average Bonchev–Trinajstić information content (AvgIpc) is 2.83. The fraction of sp³-hybridized carbons (Fsp3) is 0.321. The number of nitrogens with one attached hydrogen (secondary N) is 2. The van der Waals surface area contributed by atoms with Crippen LogP contribution in [0.15, 0.2) is 63.4 Å². The third-order valence-electron chi connectivity index (χ3n) is 6.95. The van der Waals surface area contributed by atoms with Crippen molar-refractivity contribution >= 4 is 39.0 Å². The second-order valence-corrected chi connectivity index (χ2v) is 10.3. The zero-order valence-electron chi connectivity index (χ0n) is 20.5. The highest BCUT2D eigenvalue weighted by molar-refractivity contribution is 9.10. The van der Waals surface area contributed by atoms with Crippen LogP contribution < -0.4 is 22.1 Å². The average molecular weight is 548 g/mol. The van der Waals surface area contributed by atoms with Crippen molar-refractivity contribution in [2.24, 2.45) is 11.7 Å². The maximum Gasteiger partial charge on any atom is 0.250 e. The summed E-state index contributed by atoms with van der Waals surface area (Å²) in [4.78, 5) is 25.9. The molecular weight excluding hydrogens is 518 g/mol. The van der Waals surface area contributed by atoms with Gasteiger partial charge in [-0.3, -0.25) is 9.59 Å². The Morgan fingerprint density at radius 3 is 2.69 bits per heavy atom. The number of carbonyl (C=O) groups excluding carboxylic acids is 2. The van der Waals surface area contributed by atoms with Gasteiger partial charge in [0.1, 0.15) is 0 Å². The Kier molecular flexibility index (Phi) is 7.51. The number of anilines is 2. The maximum atomic E-state index is 13.4. The first-order valence-electron chi connectivity index (χ1n) is 12.1. The largest absolute Gasteiger partial charge is 0.398 e. The normalized spacial score (nSPS) is 19.4. The van der Waals surface area contributed by atoms with Crippen LogP contribution in [0.2, 0.25) is 0 Å². The minimum absolute atomic E-state index is 0.0472. The van der Waals surface area contributed by atoms with Gasteiger partial charge in [0.25, 0.3) is 5.91 Å². The summed E-state index contributed by atoms with van der Waals surface area (Å²) in [5.41, 5.74) is 17.6. The maximum absolute atomic E-state index is 13.4. The highest BCUT2D eigenvalue weighted by Crippen LogP contribution is 2.45. The predicted molar refractivity (Wildman–Crippen MR) is 145 cm³/mol. The molecule has 4 rings (SSSR count). The van der Waals surface area contributed by atoms with E-state index in [1.807, 2.05) is 37.3 Å². The number of carbonyl (C=O) groups is 2. The number of Topliss-reactive ketones (excluding diaryl/α,β-unsaturated/α-hetero) is 1. The summed E-state index contributed by atoms with van der Waals surface area (Å²) in [6, 6.07) is 13.3. The highest BCUT2D eigenvalue weighted by Gasteiger charge is 2.39. The van der Waals surface area contributed by atoms with Gasteiger partial charge in [0, 0.05) is 40.1 Å². The van der Waals surface area contributed by atoms with Crippen LogP contribution in [-0.2, 0) is 11.3 Å². The molecule has 1 heterocycles. The first-order valence-corrected chi connectivity index (χ1v) is 12.9. The van der Waals surface area contributed by atoms with E-state index in [1.165, 1.54) is 0 Å². The van der Waals surface area contributed by atoms with Crippen molar-refractivity contribution in [1.29, 1.82) is 5.26 Å². The molecular formula is C28H30BrN5O2. The van der Waals surface area contributed by atoms with Gasteiger partial charge in [0.2, 0.25) is 0 Å². The molecule has 2 aliphatic rings. The summed E-state index contributed by atoms with van der Waals surface area (Å²) in [7, 11) is 0. The number of hydrogen-bond acceptors (Lipinski definition) is 6. The number of amides is 1. The molecule has 2 aromatic carbocycles. The van der Waals surface area contributed by atoms with Gasteiger partial charge in [-0.25, -0.2) is 0 Å². The Labute approximate surface area is 219 Å². The summed E-state index contributed by atoms with van der Waals surface area (Å²) in [6.45, 7) is 4.37. The van der Waals surface area contributed by atoms with Crippen molar-refractivity contribution in [2.75, 3.05) is 11.1 Å². The summed E-state index contributed by atoms with van der Waals surface area (Å²) in [5, 5.41) is 16.6. The number of rotatable bonds is 7. The molecule has 0 bridgehead atoms. The Balaban J connectivity index is 1.78. The first-order chi connectivity index (χ1) is 17.2. The Morgan fingerprint density at radius 2 is 2.03 bits per heavy atom. The van der Waals surface area contributed by atoms with E-state index in [2.05, 4.69) is 39.6 Å². The fourth-order valence-corrected chi connectivity index (χ4v) is 5.88. The monoisotopic (exact) mass is 547 g/mol. The van der Waals surface area contributed by atoms with Crippen molar-refractivity contribution in [3.63, 3.8) is 0 Å². The molecule has 0 saturated heterocycles. The number of nitrogens with zero attached hydrogens (tertiary/aromatic N) is 1. The molecule has 0 spiro atoms. The number of nitriles is 1. The SMILES string of the molecule is CCCC1CC(=O)C2=C(C1)NC(C)=C(C#N)C2c1cc(Br)c(NCc2ccccc2N)c(C(N)=O)c1. The standard InChI is InChI=1S/C28H30BrN5O2/c1-3-6-16-9-23-26(24(35)10-16)25(20(13-30)15(2)34-23)18-11-19(28(32)36)27(21(29)12-18)33-14-17-7-4-5-8-22(17)31/h4-5,7-8,11-12,16,25,33-34H,3,6,9-10,14,31H2,1-2H3,(H2,32,36). The quantitative estimate of drug-likeness (QED) is 0.349. The molecule has 186 valence electrons. The van der Waals surface area contributed by atoms with Crippen molar-refractivity contribution < 1.29 is 9.59 Å². The molecule has 1 amide bonds. The molecule has 0 radical (unpaired) electrons. The van der Waals surface area contributed by atoms with Crippen molar-refractivity contribution in [3.8, 4) is 6.07 Å². The molecule has 0 fully saturated rings. The lowest BCUT2D eigenvalue weighted by Crippen LogP contribution is -2.34. The lowest BCUT2D eigenvalue weighted by molar-refractivity contribution is -0.117. The summed E-state index contributed by atoms with van der Waals surface area (Å²) < 4.78 is 0.617. The minimum atomic E-state index is -0.610. The van der Waals surface area contributed by atoms with Crippen molar-refractivity contribution in [1.82, 2.24) is 5.32 Å². The van der Waals surface area contributed by atoms with E-state index in [1.54, 1.807) is 6.07 Å². The fourth-order valence-electron chi connectivity index (χ4n) is 5.26. The van der Waals surface area contributed by atoms with Crippen LogP contribution in [0.3, 0.4) is 0 Å². The molecule has 2 unspecified atom stereocenters. The zero-order valence-corrected chi connectivity index (χ0v) is 22.0. The molecule has 6 N–H and O–H groups in total. The second kappa shape index (κ2) is 10.6. The molecule has 2 atom stereocenters. The molecule has 7 nitrogen and oxygen atoms in total. The Hall–Kier alpha value is -3.57. The van der Waals surface area contributed by atoms with E-state index in [9.17, 15) is 14.9 Å². The highest BCUT2D eigenvalue weighted by atomic mass is 79.9. The number of ketones is 1. The number of benzene rings is 2. The summed E-state index contributed by atoms with van der Waals surface area (Å²) in [6.07, 6.45) is 3.22. The lowest BCUT2D eigenvalue weighted by atomic mass is 9.72. The van der Waals surface area contributed by atoms with Gasteiger partial charge in [0.15, 0.2) is 5.78 Å². The van der Waals surface area contributed by atoms with E-state index in [0.29, 0.717) is 45.5 Å². The van der Waals surface area contributed by atoms with Gasteiger partial charge in [-0.2, -0.15) is 5.26 Å². The molecule has 36 heavy (non-hydrogen) atoms. The van der Waals surface area contributed by atoms with Gasteiger partial charge in [-0.05, 0) is 70.9 Å². The smallest absolute Gasteiger partial charge is 0.250 e. The minimum Gasteiger partial charge on any atom is -0.398 e. The second-order valence-electron chi connectivity index (χ2n) is 9.43. The Morgan fingerprint density at radius 1 is 1.28 bits per heavy atom. The summed E-state index contributed by atoms with van der Waals surface area (Å²) >= 11 is 3.60. The van der Waals surface area contributed by atoms with Crippen LogP contribution in [0, 0.1) is 17.2 Å². The van der Waals surface area contributed by atoms with Crippen molar-refractivity contribution in [3.05, 3.63) is 80.1 Å². The number of nitrogen functional groups attached to an aromatic ring is 1. The lowest BCUT2D eigenvalue weighted by Gasteiger charge is -2.35. The van der Waals surface area contributed by atoms with Crippen molar-refractivity contribution in [2.45, 2.75) is 52.0 Å². The number of nitrogens with two attached hydrogens (primary N) is 2. The van der Waals surface area contributed by atoms with E-state index in [0.717, 1.165) is 36.2 Å². The van der Waals surface area contributed by atoms with E-state index in [4.69, 9.17) is 11.5 Å². The third kappa shape index (κ3) is 4.89. The first kappa shape index (κ1) is 25.5. The van der Waals surface area contributed by atoms with Gasteiger partial charge >= 0.3 is 0 Å². The van der Waals surface area contributed by atoms with E-state index < -0.39 is 11.8 Å². The number of para-hydroxylation sites is 1. The van der Waals surface area contributed by atoms with E-state index >= 15 is 0 Å². The molecule has 1 aliphatic carbocycles. The van der Waals surface area contributed by atoms with Gasteiger partial charge in [0.05, 0.1) is 28.8 Å². The number of allylic oxidation sites excluding steroid dienone is 4. The topological polar surface area (TPSA) is 134 Å². The van der Waals surface area contributed by atoms with E-state index in [-0.39, 0.29) is 17.3 Å². The third-order valence-corrected chi connectivity index (χ3v) is 7.58. The van der Waals surface area contributed by atoms with Crippen LogP contribution in [0.4, 0.5) is 11.4 Å². The van der Waals surface area contributed by atoms with Gasteiger partial charge in [-0.15, -0.1) is 0 Å². The number of halogens is 1. The summed E-state index contributed by atoms with van der Waals surface area (Å²) in [5.74, 6) is -0.836. The number of primary amides is 1. The van der Waals surface area contributed by atoms with Crippen LogP contribution in [-0.4, -0.2) is 11.7 Å². The van der Waals surface area contributed by atoms with Gasteiger partial charge in [-0.1, -0.05) is 31.5 Å². The molecule has 8 heteroatoms. The number of hydrogen-bond donors (Lipinski definition) is 4. The van der Waals surface area contributed by atoms with Crippen LogP contribution in [0.5, 0.6) is 0 Å². The molecule has 0 aromatic heterocycles. The van der Waals surface area contributed by atoms with Gasteiger partial charge < -0.3 is 22.1 Å². The van der Waals surface area contributed by atoms with Crippen LogP contribution >= 0.6 is 15.9 Å². The molecule has 0 saturated carbocycles.